The Labute approximate surface area is 161 Å². The van der Waals surface area contributed by atoms with Gasteiger partial charge in [0.2, 0.25) is 0 Å². The van der Waals surface area contributed by atoms with Crippen molar-refractivity contribution in [2.45, 2.75) is 40.2 Å². The number of benzene rings is 1. The molecule has 1 aromatic carbocycles. The maximum atomic E-state index is 13.0. The van der Waals surface area contributed by atoms with Crippen LogP contribution in [0.5, 0.6) is 11.5 Å². The predicted molar refractivity (Wildman–Crippen MR) is 106 cm³/mol. The van der Waals surface area contributed by atoms with Crippen LogP contribution in [0.1, 0.15) is 42.3 Å². The van der Waals surface area contributed by atoms with Crippen LogP contribution in [-0.4, -0.2) is 30.0 Å². The average molecular weight is 393 g/mol. The van der Waals surface area contributed by atoms with E-state index in [0.717, 1.165) is 16.8 Å². The largest absolute Gasteiger partial charge is 0.504 e. The number of ether oxygens (including phenoxy) is 1. The maximum absolute atomic E-state index is 13.0. The molecule has 2 atom stereocenters. The molecule has 0 spiro atoms. The highest BCUT2D eigenvalue weighted by Crippen LogP contribution is 2.52. The third-order valence-electron chi connectivity index (χ3n) is 4.27. The van der Waals surface area contributed by atoms with Crippen molar-refractivity contribution in [1.29, 1.82) is 0 Å². The number of hydrogen-bond donors (Lipinski definition) is 1. The minimum atomic E-state index is -3.24. The standard InChI is InChI=1S/C20H28NO5P/c1-6-25-27(23,7-2)26-18(11-16-9-8-15(4)21-13-16)17-10-14(3)20(22)19(12-17)24-5/h8-10,12-13,18,22H,6-7,11H2,1-5H3. The summed E-state index contributed by atoms with van der Waals surface area (Å²) in [7, 11) is -1.75. The topological polar surface area (TPSA) is 77.9 Å². The first-order chi connectivity index (χ1) is 12.8. The van der Waals surface area contributed by atoms with Crippen molar-refractivity contribution < 1.29 is 23.5 Å². The predicted octanol–water partition coefficient (Wildman–Crippen LogP) is 4.96. The number of methoxy groups -OCH3 is 1. The minimum absolute atomic E-state index is 0.0838. The van der Waals surface area contributed by atoms with Crippen molar-refractivity contribution in [1.82, 2.24) is 4.98 Å². The molecule has 0 amide bonds. The van der Waals surface area contributed by atoms with Crippen LogP contribution in [-0.2, 0) is 20.0 Å². The van der Waals surface area contributed by atoms with Crippen molar-refractivity contribution in [3.05, 3.63) is 52.8 Å². The van der Waals surface area contributed by atoms with Crippen molar-refractivity contribution in [2.24, 2.45) is 0 Å². The molecule has 2 rings (SSSR count). The molecule has 7 heteroatoms. The van der Waals surface area contributed by atoms with E-state index in [9.17, 15) is 9.67 Å². The molecule has 0 saturated heterocycles. The van der Waals surface area contributed by atoms with Gasteiger partial charge in [-0.2, -0.15) is 0 Å². The fourth-order valence-corrected chi connectivity index (χ4v) is 4.12. The molecule has 1 N–H and O–H groups in total. The summed E-state index contributed by atoms with van der Waals surface area (Å²) in [5, 5.41) is 10.1. The summed E-state index contributed by atoms with van der Waals surface area (Å²) in [6.07, 6.45) is 2.00. The molecule has 0 fully saturated rings. The van der Waals surface area contributed by atoms with Gasteiger partial charge in [-0.25, -0.2) is 0 Å². The lowest BCUT2D eigenvalue weighted by Gasteiger charge is -2.25. The molecular weight excluding hydrogens is 365 g/mol. The molecule has 1 heterocycles. The van der Waals surface area contributed by atoms with Crippen LogP contribution in [0.4, 0.5) is 0 Å². The summed E-state index contributed by atoms with van der Waals surface area (Å²) in [5.74, 6) is 0.434. The van der Waals surface area contributed by atoms with E-state index in [1.54, 1.807) is 33.0 Å². The van der Waals surface area contributed by atoms with Crippen LogP contribution in [0.3, 0.4) is 0 Å². The average Bonchev–Trinajstić information content (AvgIpc) is 2.65. The number of rotatable bonds is 9. The molecule has 0 saturated carbocycles. The van der Waals surface area contributed by atoms with E-state index in [-0.39, 0.29) is 11.9 Å². The van der Waals surface area contributed by atoms with E-state index in [2.05, 4.69) is 4.98 Å². The van der Waals surface area contributed by atoms with Gasteiger partial charge in [-0.3, -0.25) is 9.55 Å². The molecule has 6 nitrogen and oxygen atoms in total. The Kier molecular flexibility index (Phi) is 7.42. The summed E-state index contributed by atoms with van der Waals surface area (Å²) < 4.78 is 29.7. The van der Waals surface area contributed by atoms with Gasteiger partial charge in [0.15, 0.2) is 11.5 Å². The van der Waals surface area contributed by atoms with Crippen LogP contribution < -0.4 is 4.74 Å². The van der Waals surface area contributed by atoms with E-state index in [0.29, 0.717) is 24.3 Å². The number of phenolic OH excluding ortho intramolecular Hbond substituents is 1. The lowest BCUT2D eigenvalue weighted by atomic mass is 10.00. The Hall–Kier alpha value is -1.88. The third kappa shape index (κ3) is 5.55. The van der Waals surface area contributed by atoms with Crippen LogP contribution in [0.2, 0.25) is 0 Å². The molecule has 0 aliphatic heterocycles. The maximum Gasteiger partial charge on any atom is 0.330 e. The Morgan fingerprint density at radius 3 is 2.52 bits per heavy atom. The van der Waals surface area contributed by atoms with Gasteiger partial charge in [-0.05, 0) is 55.7 Å². The van der Waals surface area contributed by atoms with Crippen LogP contribution >= 0.6 is 7.60 Å². The molecule has 0 bridgehead atoms. The molecule has 148 valence electrons. The first kappa shape index (κ1) is 21.4. The normalized spacial score (nSPS) is 14.6. The number of hydrogen-bond acceptors (Lipinski definition) is 6. The van der Waals surface area contributed by atoms with E-state index >= 15 is 0 Å². The monoisotopic (exact) mass is 393 g/mol. The van der Waals surface area contributed by atoms with Crippen molar-refractivity contribution in [2.75, 3.05) is 19.9 Å². The number of nitrogens with zero attached hydrogens (tertiary/aromatic N) is 1. The zero-order chi connectivity index (χ0) is 20.0. The van der Waals surface area contributed by atoms with Crippen molar-refractivity contribution >= 4 is 7.60 Å². The molecule has 1 aromatic heterocycles. The highest BCUT2D eigenvalue weighted by atomic mass is 31.2. The number of aromatic hydroxyl groups is 1. The third-order valence-corrected chi connectivity index (χ3v) is 6.28. The van der Waals surface area contributed by atoms with E-state index in [4.69, 9.17) is 13.8 Å². The Morgan fingerprint density at radius 1 is 1.22 bits per heavy atom. The first-order valence-corrected chi connectivity index (χ1v) is 10.8. The molecule has 2 unspecified atom stereocenters. The molecule has 0 aliphatic carbocycles. The van der Waals surface area contributed by atoms with Gasteiger partial charge >= 0.3 is 7.60 Å². The van der Waals surface area contributed by atoms with Gasteiger partial charge in [0.25, 0.3) is 0 Å². The fraction of sp³-hybridized carbons (Fsp3) is 0.450. The summed E-state index contributed by atoms with van der Waals surface area (Å²) in [6.45, 7) is 7.59. The van der Waals surface area contributed by atoms with E-state index in [1.165, 1.54) is 7.11 Å². The van der Waals surface area contributed by atoms with E-state index < -0.39 is 13.7 Å². The van der Waals surface area contributed by atoms with Crippen LogP contribution in [0.25, 0.3) is 0 Å². The number of aromatic nitrogens is 1. The smallest absolute Gasteiger partial charge is 0.330 e. The number of pyridine rings is 1. The van der Waals surface area contributed by atoms with Gasteiger partial charge in [0, 0.05) is 24.5 Å². The summed E-state index contributed by atoms with van der Waals surface area (Å²) >= 11 is 0. The Balaban J connectivity index is 2.44. The fourth-order valence-electron chi connectivity index (χ4n) is 2.75. The van der Waals surface area contributed by atoms with Gasteiger partial charge in [0.05, 0.1) is 19.8 Å². The molecule has 2 aromatic rings. The lowest BCUT2D eigenvalue weighted by molar-refractivity contribution is 0.151. The summed E-state index contributed by atoms with van der Waals surface area (Å²) in [4.78, 5) is 4.32. The van der Waals surface area contributed by atoms with Gasteiger partial charge < -0.3 is 18.9 Å². The van der Waals surface area contributed by atoms with E-state index in [1.807, 2.05) is 25.1 Å². The molecule has 0 radical (unpaired) electrons. The quantitative estimate of drug-likeness (QED) is 0.607. The van der Waals surface area contributed by atoms with Gasteiger partial charge in [0.1, 0.15) is 0 Å². The molecule has 27 heavy (non-hydrogen) atoms. The van der Waals surface area contributed by atoms with Gasteiger partial charge in [-0.1, -0.05) is 13.0 Å². The molecular formula is C20H28NO5P. The first-order valence-electron chi connectivity index (χ1n) is 9.02. The highest BCUT2D eigenvalue weighted by Gasteiger charge is 2.28. The van der Waals surface area contributed by atoms with Crippen molar-refractivity contribution in [3.8, 4) is 11.5 Å². The van der Waals surface area contributed by atoms with Crippen LogP contribution in [0, 0.1) is 13.8 Å². The Bertz CT molecular complexity index is 807. The molecule has 0 aliphatic rings. The lowest BCUT2D eigenvalue weighted by Crippen LogP contribution is -2.10. The Morgan fingerprint density at radius 2 is 1.96 bits per heavy atom. The zero-order valence-electron chi connectivity index (χ0n) is 16.6. The number of phenols is 1. The zero-order valence-corrected chi connectivity index (χ0v) is 17.5. The van der Waals surface area contributed by atoms with Crippen LogP contribution in [0.15, 0.2) is 30.5 Å². The second-order valence-corrected chi connectivity index (χ2v) is 8.66. The SMILES string of the molecule is CCOP(=O)(CC)OC(Cc1ccc(C)nc1)c1cc(C)c(O)c(OC)c1. The number of aryl methyl sites for hydroxylation is 2. The summed E-state index contributed by atoms with van der Waals surface area (Å²) in [5.41, 5.74) is 3.29. The second kappa shape index (κ2) is 9.36. The summed E-state index contributed by atoms with van der Waals surface area (Å²) in [6, 6.07) is 7.42. The highest BCUT2D eigenvalue weighted by molar-refractivity contribution is 7.53. The van der Waals surface area contributed by atoms with Gasteiger partial charge in [-0.15, -0.1) is 0 Å². The second-order valence-electron chi connectivity index (χ2n) is 6.34. The minimum Gasteiger partial charge on any atom is -0.504 e. The van der Waals surface area contributed by atoms with Crippen molar-refractivity contribution in [3.63, 3.8) is 0 Å².